The van der Waals surface area contributed by atoms with Gasteiger partial charge in [-0.15, -0.1) is 0 Å². The molecule has 6 aromatic carbocycles. The minimum absolute atomic E-state index is 0.131. The van der Waals surface area contributed by atoms with Crippen molar-refractivity contribution in [2.45, 2.75) is 177 Å². The Morgan fingerprint density at radius 2 is 0.623 bits per heavy atom. The van der Waals surface area contributed by atoms with Crippen molar-refractivity contribution in [3.05, 3.63) is 176 Å². The summed E-state index contributed by atoms with van der Waals surface area (Å²) in [6.07, 6.45) is 13.1. The van der Waals surface area contributed by atoms with E-state index in [1.54, 1.807) is 0 Å². The second-order valence-corrected chi connectivity index (χ2v) is 22.0. The Hall–Kier alpha value is -5.40. The molecule has 10 heteroatoms. The number of anilines is 6. The van der Waals surface area contributed by atoms with Crippen LogP contribution in [0.25, 0.3) is 0 Å². The van der Waals surface area contributed by atoms with Crippen LogP contribution in [0, 0.1) is 41.5 Å². The van der Waals surface area contributed by atoms with Gasteiger partial charge in [0.1, 0.15) is 0 Å². The zero-order chi connectivity index (χ0) is 53.1. The van der Waals surface area contributed by atoms with E-state index in [0.717, 1.165) is 144 Å². The Morgan fingerprint density at radius 3 is 0.857 bits per heavy atom. The summed E-state index contributed by atoms with van der Waals surface area (Å²) in [7, 11) is 0. The summed E-state index contributed by atoms with van der Waals surface area (Å²) in [5.41, 5.74) is 21.1. The third-order valence-corrected chi connectivity index (χ3v) is 16.0. The number of aryl methyl sites for hydroxylation is 6. The molecule has 4 atom stereocenters. The van der Waals surface area contributed by atoms with Crippen molar-refractivity contribution < 1.29 is 37.9 Å². The van der Waals surface area contributed by atoms with E-state index in [-0.39, 0.29) is 25.2 Å². The fraction of sp³-hybridized carbons (Fsp3) is 0.463. The quantitative estimate of drug-likeness (QED) is 0.0737. The molecule has 0 bridgehead atoms. The van der Waals surface area contributed by atoms with Gasteiger partial charge in [-0.1, -0.05) is 48.5 Å². The Morgan fingerprint density at radius 1 is 0.338 bits per heavy atom. The Kier molecular flexibility index (Phi) is 18.9. The van der Waals surface area contributed by atoms with Crippen LogP contribution in [0.4, 0.5) is 34.1 Å². The van der Waals surface area contributed by atoms with Gasteiger partial charge in [0.15, 0.2) is 25.2 Å². The summed E-state index contributed by atoms with van der Waals surface area (Å²) in [6, 6.07) is 40.9. The van der Waals surface area contributed by atoms with Gasteiger partial charge >= 0.3 is 0 Å². The van der Waals surface area contributed by atoms with Gasteiger partial charge < -0.3 is 47.7 Å². The fourth-order valence-electron chi connectivity index (χ4n) is 11.3. The first-order valence-corrected chi connectivity index (χ1v) is 28.7. The van der Waals surface area contributed by atoms with E-state index in [1.807, 2.05) is 0 Å². The van der Waals surface area contributed by atoms with Crippen LogP contribution in [0.15, 0.2) is 109 Å². The largest absolute Gasteiger partial charge is 0.353 e. The van der Waals surface area contributed by atoms with Crippen LogP contribution in [0.3, 0.4) is 0 Å². The first-order chi connectivity index (χ1) is 37.6. The molecule has 4 fully saturated rings. The van der Waals surface area contributed by atoms with Gasteiger partial charge in [-0.2, -0.15) is 0 Å². The summed E-state index contributed by atoms with van der Waals surface area (Å²) in [6.45, 7) is 18.4. The van der Waals surface area contributed by atoms with Gasteiger partial charge in [0.05, 0.1) is 26.4 Å². The summed E-state index contributed by atoms with van der Waals surface area (Å²) in [4.78, 5) is 4.80. The number of ether oxygens (including phenoxy) is 8. The lowest BCUT2D eigenvalue weighted by molar-refractivity contribution is -0.169. The second kappa shape index (κ2) is 26.5. The third-order valence-electron chi connectivity index (χ3n) is 16.0. The van der Waals surface area contributed by atoms with E-state index < -0.39 is 0 Å². The fourth-order valence-corrected chi connectivity index (χ4v) is 11.3. The van der Waals surface area contributed by atoms with Crippen molar-refractivity contribution >= 4 is 34.1 Å². The van der Waals surface area contributed by atoms with Crippen molar-refractivity contribution in [1.29, 1.82) is 0 Å². The molecule has 6 aromatic rings. The minimum atomic E-state index is -0.131. The average Bonchev–Trinajstić information content (AvgIpc) is 3.45. The molecule has 77 heavy (non-hydrogen) atoms. The van der Waals surface area contributed by atoms with Crippen LogP contribution in [-0.4, -0.2) is 51.6 Å². The van der Waals surface area contributed by atoms with Gasteiger partial charge in [-0.05, 0) is 252 Å². The van der Waals surface area contributed by atoms with E-state index in [2.05, 4.69) is 161 Å². The third kappa shape index (κ3) is 14.3. The maximum absolute atomic E-state index is 6.25. The SMILES string of the molecule is Cc1cc(N(c2ccc(COC3CCCCO3)c(C)c2)c2ccc(Cc3ccc(N(c4ccc(COC5CCCCO5)c(C)c4)c4ccc(COC5CCCCO5)c(C)c4)c(C)c3)cc2C)ccc1COC1CCCCO1. The van der Waals surface area contributed by atoms with Crippen molar-refractivity contribution in [3.63, 3.8) is 0 Å². The van der Waals surface area contributed by atoms with Crippen molar-refractivity contribution in [3.8, 4) is 0 Å². The highest BCUT2D eigenvalue weighted by molar-refractivity contribution is 5.81. The minimum Gasteiger partial charge on any atom is -0.353 e. The Bertz CT molecular complexity index is 2560. The molecule has 4 heterocycles. The number of rotatable bonds is 20. The van der Waals surface area contributed by atoms with E-state index >= 15 is 0 Å². The topological polar surface area (TPSA) is 80.3 Å². The lowest BCUT2D eigenvalue weighted by Crippen LogP contribution is -2.22. The number of hydrogen-bond acceptors (Lipinski definition) is 10. The van der Waals surface area contributed by atoms with Crippen LogP contribution in [-0.2, 0) is 70.7 Å². The standard InChI is InChI=1S/C67H82N2O8/c1-46-37-58(25-21-54(46)42-74-64-15-7-11-31-70-64)68(59-26-22-55(47(2)38-59)43-75-65-16-8-12-32-71-65)62-29-19-52(35-50(62)5)41-53-20-30-63(51(6)36-53)69(60-27-23-56(48(3)39-60)44-76-66-17-9-13-33-72-66)61-28-24-57(49(4)40-61)45-77-67-18-10-14-34-73-67/h19-30,35-40,64-67H,7-18,31-34,41-45H2,1-6H3. The highest BCUT2D eigenvalue weighted by atomic mass is 16.7. The molecule has 0 amide bonds. The maximum Gasteiger partial charge on any atom is 0.158 e. The summed E-state index contributed by atoms with van der Waals surface area (Å²) in [5.74, 6) is 0. The predicted molar refractivity (Wildman–Crippen MR) is 307 cm³/mol. The molecule has 0 aromatic heterocycles. The molecule has 0 spiro atoms. The summed E-state index contributed by atoms with van der Waals surface area (Å²) >= 11 is 0. The lowest BCUT2D eigenvalue weighted by atomic mass is 9.98. The molecule has 10 rings (SSSR count). The van der Waals surface area contributed by atoms with Gasteiger partial charge in [0.25, 0.3) is 0 Å². The van der Waals surface area contributed by atoms with Crippen molar-refractivity contribution in [1.82, 2.24) is 0 Å². The predicted octanol–water partition coefficient (Wildman–Crippen LogP) is 16.2. The monoisotopic (exact) mass is 1040 g/mol. The van der Waals surface area contributed by atoms with Gasteiger partial charge in [-0.3, -0.25) is 0 Å². The normalized spacial score (nSPS) is 20.0. The molecule has 0 saturated carbocycles. The first kappa shape index (κ1) is 54.9. The second-order valence-electron chi connectivity index (χ2n) is 22.0. The molecule has 4 unspecified atom stereocenters. The van der Waals surface area contributed by atoms with Gasteiger partial charge in [-0.25, -0.2) is 0 Å². The average molecular weight is 1040 g/mol. The smallest absolute Gasteiger partial charge is 0.158 e. The zero-order valence-electron chi connectivity index (χ0n) is 46.7. The molecule has 0 radical (unpaired) electrons. The number of hydrogen-bond donors (Lipinski definition) is 0. The Balaban J connectivity index is 0.908. The number of benzene rings is 6. The van der Waals surface area contributed by atoms with E-state index in [0.29, 0.717) is 26.4 Å². The van der Waals surface area contributed by atoms with Crippen LogP contribution in [0.1, 0.15) is 144 Å². The molecule has 0 N–H and O–H groups in total. The highest BCUT2D eigenvalue weighted by Gasteiger charge is 2.23. The lowest BCUT2D eigenvalue weighted by Gasteiger charge is -2.29. The Labute approximate surface area is 458 Å². The van der Waals surface area contributed by atoms with Crippen LogP contribution in [0.2, 0.25) is 0 Å². The molecule has 4 aliphatic rings. The molecule has 10 nitrogen and oxygen atoms in total. The van der Waals surface area contributed by atoms with Crippen molar-refractivity contribution in [2.24, 2.45) is 0 Å². The highest BCUT2D eigenvalue weighted by Crippen LogP contribution is 2.41. The van der Waals surface area contributed by atoms with Gasteiger partial charge in [0.2, 0.25) is 0 Å². The maximum atomic E-state index is 6.25. The number of nitrogens with zero attached hydrogens (tertiary/aromatic N) is 2. The van der Waals surface area contributed by atoms with Crippen molar-refractivity contribution in [2.75, 3.05) is 36.2 Å². The van der Waals surface area contributed by atoms with Crippen LogP contribution in [0.5, 0.6) is 0 Å². The molecule has 408 valence electrons. The first-order valence-electron chi connectivity index (χ1n) is 28.7. The van der Waals surface area contributed by atoms with Crippen LogP contribution >= 0.6 is 0 Å². The molecule has 0 aliphatic carbocycles. The van der Waals surface area contributed by atoms with E-state index in [4.69, 9.17) is 37.9 Å². The molecule has 4 aliphatic heterocycles. The molecular weight excluding hydrogens is 961 g/mol. The van der Waals surface area contributed by atoms with Gasteiger partial charge in [0, 0.05) is 60.6 Å². The van der Waals surface area contributed by atoms with E-state index in [9.17, 15) is 0 Å². The van der Waals surface area contributed by atoms with Crippen LogP contribution < -0.4 is 9.80 Å². The summed E-state index contributed by atoms with van der Waals surface area (Å²) < 4.78 is 48.6. The summed E-state index contributed by atoms with van der Waals surface area (Å²) in [5, 5.41) is 0. The molecular formula is C67H82N2O8. The molecule has 4 saturated heterocycles. The van der Waals surface area contributed by atoms with E-state index in [1.165, 1.54) is 66.8 Å². The zero-order valence-corrected chi connectivity index (χ0v) is 46.7.